The van der Waals surface area contributed by atoms with Crippen molar-refractivity contribution < 1.29 is 81.8 Å². The van der Waals surface area contributed by atoms with Crippen molar-refractivity contribution in [2.24, 2.45) is 5.92 Å². The van der Waals surface area contributed by atoms with E-state index in [1.807, 2.05) is 31.2 Å². The number of aryl methyl sites for hydroxylation is 1. The normalized spacial score (nSPS) is 11.0. The van der Waals surface area contributed by atoms with Crippen LogP contribution in [0, 0.1) is 12.8 Å². The minimum atomic E-state index is -1.17. The maximum atomic E-state index is 11.3. The molecule has 0 aromatic heterocycles. The largest absolute Gasteiger partial charge is 1.00 e. The molecule has 0 atom stereocenters. The van der Waals surface area contributed by atoms with Gasteiger partial charge in [-0.3, -0.25) is 0 Å². The van der Waals surface area contributed by atoms with Crippen LogP contribution in [0.25, 0.3) is 0 Å². The molecule has 1 rings (SSSR count). The van der Waals surface area contributed by atoms with Gasteiger partial charge in [0.25, 0.3) is 0 Å². The van der Waals surface area contributed by atoms with Crippen molar-refractivity contribution >= 4 is 11.9 Å². The maximum Gasteiger partial charge on any atom is 1.00 e. The van der Waals surface area contributed by atoms with Crippen molar-refractivity contribution in [1.29, 1.82) is 0 Å². The van der Waals surface area contributed by atoms with Crippen molar-refractivity contribution in [3.05, 3.63) is 46.5 Å². The van der Waals surface area contributed by atoms with Gasteiger partial charge >= 0.3 is 71.1 Å². The van der Waals surface area contributed by atoms with E-state index in [1.54, 1.807) is 13.8 Å². The predicted molar refractivity (Wildman–Crippen MR) is 74.2 cm³/mol. The molecule has 0 bridgehead atoms. The number of hydrogen-bond donors (Lipinski definition) is 2. The molecule has 0 aliphatic rings. The van der Waals surface area contributed by atoms with Crippen molar-refractivity contribution in [2.75, 3.05) is 0 Å². The molecule has 106 valence electrons. The zero-order valence-corrected chi connectivity index (χ0v) is 17.3. The quantitative estimate of drug-likeness (QED) is 0.446. The number of aliphatic carboxylic acids is 2. The van der Waals surface area contributed by atoms with E-state index >= 15 is 0 Å². The van der Waals surface area contributed by atoms with Gasteiger partial charge in [0.05, 0.1) is 11.1 Å². The predicted octanol–water partition coefficient (Wildman–Crippen LogP) is -3.11. The van der Waals surface area contributed by atoms with Crippen LogP contribution in [0.2, 0.25) is 0 Å². The summed E-state index contributed by atoms with van der Waals surface area (Å²) in [5.41, 5.74) is 1.71. The second-order valence-electron chi connectivity index (χ2n) is 4.76. The molecular weight excluding hydrogens is 290 g/mol. The molecule has 0 heterocycles. The number of carboxylic acids is 2. The summed E-state index contributed by atoms with van der Waals surface area (Å²) in [6.07, 6.45) is 0.127. The van der Waals surface area contributed by atoms with Crippen LogP contribution in [0.15, 0.2) is 35.4 Å². The number of carbonyl (C=O) groups is 2. The van der Waals surface area contributed by atoms with Crippen LogP contribution in [0.1, 0.15) is 27.8 Å². The van der Waals surface area contributed by atoms with Gasteiger partial charge in [-0.15, -0.1) is 0 Å². The molecule has 1 aromatic rings. The average molecular weight is 310 g/mol. The van der Waals surface area contributed by atoms with E-state index in [9.17, 15) is 19.8 Å². The second-order valence-corrected chi connectivity index (χ2v) is 4.76. The van der Waals surface area contributed by atoms with E-state index in [1.165, 1.54) is 0 Å². The fourth-order valence-corrected chi connectivity index (χ4v) is 2.01. The van der Waals surface area contributed by atoms with Crippen molar-refractivity contribution in [1.82, 2.24) is 0 Å². The minimum absolute atomic E-state index is 0. The smallest absolute Gasteiger partial charge is 1.00 e. The summed E-state index contributed by atoms with van der Waals surface area (Å²) in [5.74, 6) is -2.68. The molecule has 0 unspecified atom stereocenters. The topological polar surface area (TPSA) is 74.6 Å². The Labute approximate surface area is 172 Å². The molecule has 0 aliphatic carbocycles. The molecular formula is C15H20Na2O4. The molecule has 4 nitrogen and oxygen atoms in total. The molecule has 0 spiro atoms. The van der Waals surface area contributed by atoms with E-state index < -0.39 is 11.9 Å². The third-order valence-corrected chi connectivity index (χ3v) is 3.02. The Morgan fingerprint density at radius 3 is 2.00 bits per heavy atom. The first-order valence-electron chi connectivity index (χ1n) is 6.08. The van der Waals surface area contributed by atoms with Crippen LogP contribution < -0.4 is 59.1 Å². The summed E-state index contributed by atoms with van der Waals surface area (Å²) in [6.45, 7) is 5.25. The summed E-state index contributed by atoms with van der Waals surface area (Å²) in [5, 5.41) is 18.5. The molecule has 0 radical (unpaired) electrons. The molecule has 2 N–H and O–H groups in total. The first kappa shape index (κ1) is 23.2. The maximum absolute atomic E-state index is 11.3. The van der Waals surface area contributed by atoms with Gasteiger partial charge in [0.1, 0.15) is 0 Å². The van der Waals surface area contributed by atoms with Gasteiger partial charge < -0.3 is 13.1 Å². The Morgan fingerprint density at radius 1 is 1.10 bits per heavy atom. The Kier molecular flexibility index (Phi) is 11.7. The van der Waals surface area contributed by atoms with Gasteiger partial charge in [-0.2, -0.15) is 0 Å². The van der Waals surface area contributed by atoms with Gasteiger partial charge in [0.15, 0.2) is 0 Å². The molecule has 0 saturated carbocycles. The number of hydrogen-bond acceptors (Lipinski definition) is 2. The fraction of sp³-hybridized carbons (Fsp3) is 0.333. The van der Waals surface area contributed by atoms with E-state index in [4.69, 9.17) is 0 Å². The van der Waals surface area contributed by atoms with Crippen LogP contribution in [0.5, 0.6) is 0 Å². The SMILES string of the molecule is Cc1ccccc1C/C(C(=O)O)=C(/C(=O)O)C(C)C.[H-].[H-].[Na+].[Na+]. The van der Waals surface area contributed by atoms with E-state index in [-0.39, 0.29) is 85.5 Å². The van der Waals surface area contributed by atoms with Crippen LogP contribution in [0.4, 0.5) is 0 Å². The molecule has 0 saturated heterocycles. The van der Waals surface area contributed by atoms with Gasteiger partial charge in [0, 0.05) is 6.42 Å². The van der Waals surface area contributed by atoms with Gasteiger partial charge in [-0.25, -0.2) is 9.59 Å². The number of carboxylic acid groups (broad SMARTS) is 2. The average Bonchev–Trinajstić information content (AvgIpc) is 2.29. The Hall–Kier alpha value is -0.1000. The molecule has 0 fully saturated rings. The second kappa shape index (κ2) is 10.6. The van der Waals surface area contributed by atoms with Crippen molar-refractivity contribution in [3.63, 3.8) is 0 Å². The fourth-order valence-electron chi connectivity index (χ4n) is 2.01. The van der Waals surface area contributed by atoms with Crippen molar-refractivity contribution in [3.8, 4) is 0 Å². The number of rotatable bonds is 5. The molecule has 21 heavy (non-hydrogen) atoms. The third kappa shape index (κ3) is 6.68. The number of benzene rings is 1. The standard InChI is InChI=1S/C15H18O4.2Na.2H/c1-9(2)13(15(18)19)12(14(16)17)8-11-7-5-4-6-10(11)3;;;;/h4-7,9H,8H2,1-3H3,(H,16,17)(H,18,19);;;;/q;2*+1;2*-1/b13-12-;;;;. The van der Waals surface area contributed by atoms with Crippen LogP contribution in [-0.2, 0) is 16.0 Å². The minimum Gasteiger partial charge on any atom is -1.00 e. The summed E-state index contributed by atoms with van der Waals surface area (Å²) in [4.78, 5) is 22.6. The first-order chi connectivity index (χ1) is 8.84. The summed E-state index contributed by atoms with van der Waals surface area (Å²) < 4.78 is 0. The van der Waals surface area contributed by atoms with Crippen LogP contribution in [0.3, 0.4) is 0 Å². The zero-order valence-electron chi connectivity index (χ0n) is 15.3. The van der Waals surface area contributed by atoms with Gasteiger partial charge in [0.2, 0.25) is 0 Å². The molecule has 0 amide bonds. The van der Waals surface area contributed by atoms with Crippen LogP contribution in [-0.4, -0.2) is 22.2 Å². The Balaban J connectivity index is -0.000000451. The Morgan fingerprint density at radius 2 is 1.62 bits per heavy atom. The van der Waals surface area contributed by atoms with Crippen molar-refractivity contribution in [2.45, 2.75) is 27.2 Å². The van der Waals surface area contributed by atoms with E-state index in [0.29, 0.717) is 0 Å². The van der Waals surface area contributed by atoms with Crippen LogP contribution >= 0.6 is 0 Å². The molecule has 1 aromatic carbocycles. The molecule has 0 aliphatic heterocycles. The van der Waals surface area contributed by atoms with E-state index in [2.05, 4.69) is 0 Å². The molecule has 6 heteroatoms. The first-order valence-corrected chi connectivity index (χ1v) is 6.08. The third-order valence-electron chi connectivity index (χ3n) is 3.02. The zero-order chi connectivity index (χ0) is 14.6. The van der Waals surface area contributed by atoms with Gasteiger partial charge in [-0.05, 0) is 24.0 Å². The summed E-state index contributed by atoms with van der Waals surface area (Å²) in [7, 11) is 0. The summed E-state index contributed by atoms with van der Waals surface area (Å²) >= 11 is 0. The van der Waals surface area contributed by atoms with E-state index in [0.717, 1.165) is 11.1 Å². The Bertz CT molecular complexity index is 546. The monoisotopic (exact) mass is 310 g/mol. The summed E-state index contributed by atoms with van der Waals surface area (Å²) in [6, 6.07) is 7.38. The van der Waals surface area contributed by atoms with Gasteiger partial charge in [-0.1, -0.05) is 38.1 Å².